The molecule has 0 radical (unpaired) electrons. The van der Waals surface area contributed by atoms with Crippen LogP contribution in [0, 0.1) is 5.92 Å². The molecule has 0 N–H and O–H groups in total. The monoisotopic (exact) mass is 423 g/mol. The maximum atomic E-state index is 13.5. The molecule has 1 aliphatic heterocycles. The SMILES string of the molecule is CCOC(=O)C1CCCN(C(=O)c2cc(-c3ccco3)nn2-c2ccc(OC)cc2)C1. The second-order valence-corrected chi connectivity index (χ2v) is 7.34. The highest BCUT2D eigenvalue weighted by Gasteiger charge is 2.32. The Morgan fingerprint density at radius 1 is 1.23 bits per heavy atom. The summed E-state index contributed by atoms with van der Waals surface area (Å²) >= 11 is 0. The Hall–Kier alpha value is -3.55. The number of ether oxygens (including phenoxy) is 2. The van der Waals surface area contributed by atoms with Crippen LogP contribution in [-0.2, 0) is 9.53 Å². The number of piperidine rings is 1. The van der Waals surface area contributed by atoms with Gasteiger partial charge < -0.3 is 18.8 Å². The molecule has 3 aromatic rings. The molecule has 31 heavy (non-hydrogen) atoms. The van der Waals surface area contributed by atoms with Gasteiger partial charge in [0.1, 0.15) is 17.1 Å². The highest BCUT2D eigenvalue weighted by molar-refractivity contribution is 5.94. The second kappa shape index (κ2) is 9.07. The maximum Gasteiger partial charge on any atom is 0.310 e. The summed E-state index contributed by atoms with van der Waals surface area (Å²) in [6.45, 7) is 3.04. The van der Waals surface area contributed by atoms with Crippen molar-refractivity contribution in [1.29, 1.82) is 0 Å². The lowest BCUT2D eigenvalue weighted by atomic mass is 9.98. The highest BCUT2D eigenvalue weighted by Crippen LogP contribution is 2.26. The first kappa shape index (κ1) is 20.7. The number of furan rings is 1. The first-order valence-electron chi connectivity index (χ1n) is 10.3. The summed E-state index contributed by atoms with van der Waals surface area (Å²) < 4.78 is 17.5. The van der Waals surface area contributed by atoms with Crippen LogP contribution in [0.3, 0.4) is 0 Å². The fourth-order valence-electron chi connectivity index (χ4n) is 3.77. The summed E-state index contributed by atoms with van der Waals surface area (Å²) in [6.07, 6.45) is 3.03. The standard InChI is InChI=1S/C23H25N3O5/c1-3-30-23(28)16-6-4-12-25(15-16)22(27)20-14-19(21-7-5-13-31-21)24-26(20)17-8-10-18(29-2)11-9-17/h5,7-11,13-14,16H,3-4,6,12,15H2,1-2H3. The molecule has 0 aliphatic carbocycles. The lowest BCUT2D eigenvalue weighted by Crippen LogP contribution is -2.43. The van der Waals surface area contributed by atoms with E-state index in [9.17, 15) is 9.59 Å². The molecule has 8 heteroatoms. The van der Waals surface area contributed by atoms with Crippen molar-refractivity contribution < 1.29 is 23.5 Å². The molecule has 1 unspecified atom stereocenters. The summed E-state index contributed by atoms with van der Waals surface area (Å²) in [5.74, 6) is 0.544. The van der Waals surface area contributed by atoms with Gasteiger partial charge in [-0.3, -0.25) is 9.59 Å². The number of carbonyl (C=O) groups excluding carboxylic acids is 2. The third-order valence-electron chi connectivity index (χ3n) is 5.35. The van der Waals surface area contributed by atoms with Crippen molar-refractivity contribution in [3.63, 3.8) is 0 Å². The molecule has 2 aromatic heterocycles. The summed E-state index contributed by atoms with van der Waals surface area (Å²) in [6, 6.07) is 12.6. The molecular weight excluding hydrogens is 398 g/mol. The minimum Gasteiger partial charge on any atom is -0.497 e. The van der Waals surface area contributed by atoms with Crippen LogP contribution in [0.4, 0.5) is 0 Å². The maximum absolute atomic E-state index is 13.5. The summed E-state index contributed by atoms with van der Waals surface area (Å²) in [5, 5.41) is 4.62. The van der Waals surface area contributed by atoms with E-state index in [2.05, 4.69) is 5.10 Å². The molecule has 0 bridgehead atoms. The van der Waals surface area contributed by atoms with E-state index in [-0.39, 0.29) is 17.8 Å². The Morgan fingerprint density at radius 3 is 2.71 bits per heavy atom. The molecule has 1 fully saturated rings. The summed E-state index contributed by atoms with van der Waals surface area (Å²) in [5.41, 5.74) is 1.69. The zero-order chi connectivity index (χ0) is 21.8. The Labute approximate surface area is 180 Å². The molecule has 4 rings (SSSR count). The van der Waals surface area contributed by atoms with E-state index in [1.54, 1.807) is 48.1 Å². The van der Waals surface area contributed by atoms with Crippen LogP contribution < -0.4 is 4.74 Å². The number of nitrogens with zero attached hydrogens (tertiary/aromatic N) is 3. The zero-order valence-electron chi connectivity index (χ0n) is 17.6. The van der Waals surface area contributed by atoms with Crippen LogP contribution in [-0.4, -0.2) is 53.4 Å². The number of amides is 1. The van der Waals surface area contributed by atoms with E-state index < -0.39 is 0 Å². The molecule has 1 saturated heterocycles. The van der Waals surface area contributed by atoms with Crippen molar-refractivity contribution >= 4 is 11.9 Å². The number of carbonyl (C=O) groups is 2. The van der Waals surface area contributed by atoms with Gasteiger partial charge in [0, 0.05) is 19.2 Å². The number of likely N-dealkylation sites (tertiary alicyclic amines) is 1. The van der Waals surface area contributed by atoms with Crippen LogP contribution in [0.2, 0.25) is 0 Å². The number of esters is 1. The van der Waals surface area contributed by atoms with Crippen LogP contribution in [0.15, 0.2) is 53.1 Å². The quantitative estimate of drug-likeness (QED) is 0.564. The average molecular weight is 423 g/mol. The van der Waals surface area contributed by atoms with Gasteiger partial charge >= 0.3 is 5.97 Å². The largest absolute Gasteiger partial charge is 0.497 e. The number of hydrogen-bond donors (Lipinski definition) is 0. The first-order chi connectivity index (χ1) is 15.1. The van der Waals surface area contributed by atoms with Crippen molar-refractivity contribution in [3.8, 4) is 22.9 Å². The molecule has 1 aliphatic rings. The Balaban J connectivity index is 1.67. The van der Waals surface area contributed by atoms with Crippen LogP contribution in [0.1, 0.15) is 30.3 Å². The molecular formula is C23H25N3O5. The van der Waals surface area contributed by atoms with Gasteiger partial charge in [0.15, 0.2) is 5.76 Å². The van der Waals surface area contributed by atoms with Gasteiger partial charge in [-0.25, -0.2) is 4.68 Å². The van der Waals surface area contributed by atoms with Gasteiger partial charge in [-0.2, -0.15) is 5.10 Å². The Morgan fingerprint density at radius 2 is 2.03 bits per heavy atom. The Bertz CT molecular complexity index is 1040. The fraction of sp³-hybridized carbons (Fsp3) is 0.348. The molecule has 1 aromatic carbocycles. The zero-order valence-corrected chi connectivity index (χ0v) is 17.6. The summed E-state index contributed by atoms with van der Waals surface area (Å²) in [7, 11) is 1.60. The molecule has 0 saturated carbocycles. The van der Waals surface area contributed by atoms with E-state index >= 15 is 0 Å². The molecule has 1 amide bonds. The minimum absolute atomic E-state index is 0.185. The molecule has 1 atom stereocenters. The van der Waals surface area contributed by atoms with Crippen LogP contribution in [0.5, 0.6) is 5.75 Å². The van der Waals surface area contributed by atoms with Gasteiger partial charge in [0.05, 0.1) is 31.6 Å². The molecule has 3 heterocycles. The number of hydrogen-bond acceptors (Lipinski definition) is 6. The van der Waals surface area contributed by atoms with Gasteiger partial charge in [-0.15, -0.1) is 0 Å². The van der Waals surface area contributed by atoms with Crippen molar-refractivity contribution in [2.45, 2.75) is 19.8 Å². The van der Waals surface area contributed by atoms with E-state index in [4.69, 9.17) is 13.9 Å². The first-order valence-corrected chi connectivity index (χ1v) is 10.3. The van der Waals surface area contributed by atoms with Gasteiger partial charge in [0.2, 0.25) is 0 Å². The van der Waals surface area contributed by atoms with Crippen molar-refractivity contribution in [2.24, 2.45) is 5.92 Å². The third-order valence-corrected chi connectivity index (χ3v) is 5.35. The number of rotatable bonds is 6. The lowest BCUT2D eigenvalue weighted by Gasteiger charge is -2.31. The van der Waals surface area contributed by atoms with Gasteiger partial charge in [-0.05, 0) is 56.2 Å². The van der Waals surface area contributed by atoms with Gasteiger partial charge in [-0.1, -0.05) is 0 Å². The predicted octanol–water partition coefficient (Wildman–Crippen LogP) is 3.56. The predicted molar refractivity (Wildman–Crippen MR) is 113 cm³/mol. The van der Waals surface area contributed by atoms with Gasteiger partial charge in [0.25, 0.3) is 5.91 Å². The van der Waals surface area contributed by atoms with E-state index in [1.165, 1.54) is 0 Å². The lowest BCUT2D eigenvalue weighted by molar-refractivity contribution is -0.149. The molecule has 0 spiro atoms. The van der Waals surface area contributed by atoms with Crippen molar-refractivity contribution in [2.75, 3.05) is 26.8 Å². The van der Waals surface area contributed by atoms with E-state index in [0.717, 1.165) is 18.5 Å². The normalized spacial score (nSPS) is 16.2. The van der Waals surface area contributed by atoms with E-state index in [0.29, 0.717) is 42.6 Å². The fourth-order valence-corrected chi connectivity index (χ4v) is 3.77. The van der Waals surface area contributed by atoms with Crippen LogP contribution >= 0.6 is 0 Å². The van der Waals surface area contributed by atoms with Crippen molar-refractivity contribution in [3.05, 3.63) is 54.4 Å². The number of benzene rings is 1. The summed E-state index contributed by atoms with van der Waals surface area (Å²) in [4.78, 5) is 27.4. The molecule has 162 valence electrons. The topological polar surface area (TPSA) is 86.8 Å². The second-order valence-electron chi connectivity index (χ2n) is 7.34. The Kier molecular flexibility index (Phi) is 6.06. The van der Waals surface area contributed by atoms with E-state index in [1.807, 2.05) is 24.3 Å². The third kappa shape index (κ3) is 4.33. The molecule has 8 nitrogen and oxygen atoms in total. The van der Waals surface area contributed by atoms with Crippen LogP contribution in [0.25, 0.3) is 17.1 Å². The number of aromatic nitrogens is 2. The smallest absolute Gasteiger partial charge is 0.310 e. The van der Waals surface area contributed by atoms with Crippen molar-refractivity contribution in [1.82, 2.24) is 14.7 Å². The number of methoxy groups -OCH3 is 1. The minimum atomic E-state index is -0.306. The highest BCUT2D eigenvalue weighted by atomic mass is 16.5. The average Bonchev–Trinajstić information content (AvgIpc) is 3.49.